The van der Waals surface area contributed by atoms with E-state index in [1.54, 1.807) is 12.5 Å². The fourth-order valence-corrected chi connectivity index (χ4v) is 4.02. The number of aryl methyl sites for hydroxylation is 1. The molecular formula is C19H26N6O. The minimum Gasteiger partial charge on any atom is -0.356 e. The molecule has 1 saturated heterocycles. The summed E-state index contributed by atoms with van der Waals surface area (Å²) in [5.41, 5.74) is 0. The summed E-state index contributed by atoms with van der Waals surface area (Å²) in [7, 11) is 0. The Hall–Kier alpha value is -2.44. The van der Waals surface area contributed by atoms with Gasteiger partial charge in [0.05, 0.1) is 0 Å². The molecule has 7 heteroatoms. The van der Waals surface area contributed by atoms with E-state index in [-0.39, 0.29) is 11.8 Å². The van der Waals surface area contributed by atoms with Gasteiger partial charge in [0.2, 0.25) is 5.91 Å². The third-order valence-corrected chi connectivity index (χ3v) is 5.60. The molecule has 4 rings (SSSR count). The standard InChI is InChI=1S/C19H26N6O/c1-14-20-8-11-25(14)18-12-17(21-13-22-18)24-9-6-15(7-10-24)19(26)23-16-4-2-3-5-16/h8,11-13,15-16H,2-7,9-10H2,1H3,(H,23,26). The molecular weight excluding hydrogens is 328 g/mol. The van der Waals surface area contributed by atoms with Crippen molar-refractivity contribution in [1.29, 1.82) is 0 Å². The lowest BCUT2D eigenvalue weighted by Gasteiger charge is -2.32. The maximum absolute atomic E-state index is 12.5. The van der Waals surface area contributed by atoms with Crippen molar-refractivity contribution in [2.24, 2.45) is 5.92 Å². The highest BCUT2D eigenvalue weighted by Crippen LogP contribution is 2.24. The molecule has 1 amide bonds. The molecule has 1 saturated carbocycles. The summed E-state index contributed by atoms with van der Waals surface area (Å²) in [4.78, 5) is 27.8. The highest BCUT2D eigenvalue weighted by atomic mass is 16.1. The van der Waals surface area contributed by atoms with Gasteiger partial charge in [-0.25, -0.2) is 15.0 Å². The molecule has 0 bridgehead atoms. The summed E-state index contributed by atoms with van der Waals surface area (Å²) in [5.74, 6) is 3.01. The van der Waals surface area contributed by atoms with E-state index in [9.17, 15) is 4.79 Å². The van der Waals surface area contributed by atoms with Crippen molar-refractivity contribution in [2.75, 3.05) is 18.0 Å². The average molecular weight is 354 g/mol. The first-order chi connectivity index (χ1) is 12.7. The normalized spacial score (nSPS) is 19.0. The van der Waals surface area contributed by atoms with Gasteiger partial charge < -0.3 is 10.2 Å². The number of anilines is 1. The first kappa shape index (κ1) is 17.0. The van der Waals surface area contributed by atoms with Gasteiger partial charge in [0.1, 0.15) is 23.8 Å². The molecule has 2 aliphatic rings. The zero-order chi connectivity index (χ0) is 17.9. The van der Waals surface area contributed by atoms with Gasteiger partial charge in [-0.1, -0.05) is 12.8 Å². The Morgan fingerprint density at radius 2 is 1.81 bits per heavy atom. The van der Waals surface area contributed by atoms with Crippen molar-refractivity contribution in [1.82, 2.24) is 24.8 Å². The van der Waals surface area contributed by atoms with Crippen LogP contribution in [-0.2, 0) is 4.79 Å². The lowest BCUT2D eigenvalue weighted by Crippen LogP contribution is -2.43. The Balaban J connectivity index is 1.37. The fraction of sp³-hybridized carbons (Fsp3) is 0.579. The number of hydrogen-bond acceptors (Lipinski definition) is 5. The van der Waals surface area contributed by atoms with E-state index in [1.165, 1.54) is 12.8 Å². The van der Waals surface area contributed by atoms with Crippen molar-refractivity contribution in [3.8, 4) is 5.82 Å². The highest BCUT2D eigenvalue weighted by Gasteiger charge is 2.28. The van der Waals surface area contributed by atoms with Crippen LogP contribution >= 0.6 is 0 Å². The lowest BCUT2D eigenvalue weighted by molar-refractivity contribution is -0.126. The summed E-state index contributed by atoms with van der Waals surface area (Å²) in [6.07, 6.45) is 11.8. The Morgan fingerprint density at radius 3 is 2.50 bits per heavy atom. The molecule has 3 heterocycles. The number of nitrogens with one attached hydrogen (secondary N) is 1. The second kappa shape index (κ2) is 7.43. The molecule has 0 spiro atoms. The number of hydrogen-bond donors (Lipinski definition) is 1. The zero-order valence-corrected chi connectivity index (χ0v) is 15.3. The summed E-state index contributed by atoms with van der Waals surface area (Å²) in [6.45, 7) is 3.65. The molecule has 26 heavy (non-hydrogen) atoms. The lowest BCUT2D eigenvalue weighted by atomic mass is 9.95. The number of piperidine rings is 1. The first-order valence-electron chi connectivity index (χ1n) is 9.58. The third kappa shape index (κ3) is 3.57. The van der Waals surface area contributed by atoms with Crippen molar-refractivity contribution in [3.05, 3.63) is 30.6 Å². The fourth-order valence-electron chi connectivity index (χ4n) is 4.02. The minimum atomic E-state index is 0.129. The predicted octanol–water partition coefficient (Wildman–Crippen LogP) is 2.25. The van der Waals surface area contributed by atoms with Crippen LogP contribution in [0, 0.1) is 12.8 Å². The van der Waals surface area contributed by atoms with Gasteiger partial charge in [-0.05, 0) is 32.6 Å². The average Bonchev–Trinajstić information content (AvgIpc) is 3.33. The zero-order valence-electron chi connectivity index (χ0n) is 15.3. The third-order valence-electron chi connectivity index (χ3n) is 5.60. The second-order valence-corrected chi connectivity index (χ2v) is 7.33. The van der Waals surface area contributed by atoms with Crippen LogP contribution in [0.4, 0.5) is 5.82 Å². The molecule has 0 radical (unpaired) electrons. The summed E-state index contributed by atoms with van der Waals surface area (Å²) < 4.78 is 1.95. The van der Waals surface area contributed by atoms with E-state index in [0.717, 1.165) is 56.2 Å². The number of amides is 1. The van der Waals surface area contributed by atoms with Crippen LogP contribution in [0.3, 0.4) is 0 Å². The molecule has 1 aliphatic carbocycles. The molecule has 2 aromatic rings. The minimum absolute atomic E-state index is 0.129. The van der Waals surface area contributed by atoms with E-state index in [4.69, 9.17) is 0 Å². The van der Waals surface area contributed by atoms with Crippen LogP contribution in [-0.4, -0.2) is 44.6 Å². The monoisotopic (exact) mass is 354 g/mol. The van der Waals surface area contributed by atoms with E-state index in [0.29, 0.717) is 6.04 Å². The first-order valence-corrected chi connectivity index (χ1v) is 9.58. The van der Waals surface area contributed by atoms with Gasteiger partial charge in [-0.15, -0.1) is 0 Å². The second-order valence-electron chi connectivity index (χ2n) is 7.33. The van der Waals surface area contributed by atoms with E-state index >= 15 is 0 Å². The molecule has 1 N–H and O–H groups in total. The van der Waals surface area contributed by atoms with Crippen molar-refractivity contribution in [2.45, 2.75) is 51.5 Å². The predicted molar refractivity (Wildman–Crippen MR) is 99.2 cm³/mol. The highest BCUT2D eigenvalue weighted by molar-refractivity contribution is 5.79. The number of imidazole rings is 1. The Morgan fingerprint density at radius 1 is 1.08 bits per heavy atom. The summed E-state index contributed by atoms with van der Waals surface area (Å²) in [6, 6.07) is 2.40. The maximum Gasteiger partial charge on any atom is 0.223 e. The Kier molecular flexibility index (Phi) is 4.86. The molecule has 2 fully saturated rings. The molecule has 0 atom stereocenters. The topological polar surface area (TPSA) is 75.9 Å². The molecule has 7 nitrogen and oxygen atoms in total. The smallest absolute Gasteiger partial charge is 0.223 e. The van der Waals surface area contributed by atoms with E-state index in [2.05, 4.69) is 25.2 Å². The molecule has 0 unspecified atom stereocenters. The van der Waals surface area contributed by atoms with E-state index < -0.39 is 0 Å². The molecule has 0 aromatic carbocycles. The van der Waals surface area contributed by atoms with Crippen molar-refractivity contribution < 1.29 is 4.79 Å². The number of aromatic nitrogens is 4. The van der Waals surface area contributed by atoms with Gasteiger partial charge in [0.15, 0.2) is 0 Å². The van der Waals surface area contributed by atoms with Gasteiger partial charge in [0.25, 0.3) is 0 Å². The van der Waals surface area contributed by atoms with Crippen molar-refractivity contribution in [3.63, 3.8) is 0 Å². The van der Waals surface area contributed by atoms with Crippen LogP contribution < -0.4 is 10.2 Å². The number of carbonyl (C=O) groups is 1. The molecule has 2 aromatic heterocycles. The van der Waals surface area contributed by atoms with Crippen molar-refractivity contribution >= 4 is 11.7 Å². The molecule has 138 valence electrons. The quantitative estimate of drug-likeness (QED) is 0.911. The Bertz CT molecular complexity index is 759. The van der Waals surface area contributed by atoms with Crippen LogP contribution in [0.5, 0.6) is 0 Å². The van der Waals surface area contributed by atoms with Crippen LogP contribution in [0.25, 0.3) is 5.82 Å². The number of carbonyl (C=O) groups excluding carboxylic acids is 1. The number of nitrogens with zero attached hydrogens (tertiary/aromatic N) is 5. The molecule has 1 aliphatic heterocycles. The summed E-state index contributed by atoms with van der Waals surface area (Å²) >= 11 is 0. The van der Waals surface area contributed by atoms with Gasteiger partial charge in [-0.2, -0.15) is 0 Å². The number of rotatable bonds is 4. The Labute approximate surface area is 153 Å². The maximum atomic E-state index is 12.5. The van der Waals surface area contributed by atoms with E-state index in [1.807, 2.05) is 23.8 Å². The van der Waals surface area contributed by atoms with Crippen LogP contribution in [0.2, 0.25) is 0 Å². The summed E-state index contributed by atoms with van der Waals surface area (Å²) in [5, 5.41) is 3.24. The van der Waals surface area contributed by atoms with Gasteiger partial charge >= 0.3 is 0 Å². The SMILES string of the molecule is Cc1nccn1-c1cc(N2CCC(C(=O)NC3CCCC3)CC2)ncn1. The van der Waals surface area contributed by atoms with Crippen LogP contribution in [0.15, 0.2) is 24.8 Å². The largest absolute Gasteiger partial charge is 0.356 e. The van der Waals surface area contributed by atoms with Crippen LogP contribution in [0.1, 0.15) is 44.3 Å². The van der Waals surface area contributed by atoms with Gasteiger partial charge in [0, 0.05) is 43.5 Å². The van der Waals surface area contributed by atoms with Gasteiger partial charge in [-0.3, -0.25) is 9.36 Å².